The predicted octanol–water partition coefficient (Wildman–Crippen LogP) is 1.85. The molecule has 0 atom stereocenters. The van der Waals surface area contributed by atoms with Gasteiger partial charge in [0.25, 0.3) is 5.91 Å². The van der Waals surface area contributed by atoms with Gasteiger partial charge in [-0.05, 0) is 19.3 Å². The Morgan fingerprint density at radius 2 is 2.10 bits per heavy atom. The number of amides is 1. The van der Waals surface area contributed by atoms with Crippen LogP contribution in [0.4, 0.5) is 5.82 Å². The zero-order chi connectivity index (χ0) is 14.5. The highest BCUT2D eigenvalue weighted by Crippen LogP contribution is 2.17. The van der Waals surface area contributed by atoms with Crippen molar-refractivity contribution >= 4 is 23.1 Å². The third-order valence-electron chi connectivity index (χ3n) is 3.45. The Labute approximate surface area is 127 Å². The van der Waals surface area contributed by atoms with Crippen LogP contribution in [-0.2, 0) is 6.54 Å². The lowest BCUT2D eigenvalue weighted by atomic mass is 10.1. The van der Waals surface area contributed by atoms with Crippen molar-refractivity contribution < 1.29 is 4.79 Å². The van der Waals surface area contributed by atoms with Gasteiger partial charge in [-0.15, -0.1) is 11.3 Å². The zero-order valence-corrected chi connectivity index (χ0v) is 12.5. The second-order valence-electron chi connectivity index (χ2n) is 4.92. The Balaban J connectivity index is 1.65. The van der Waals surface area contributed by atoms with Gasteiger partial charge < -0.3 is 10.2 Å². The summed E-state index contributed by atoms with van der Waals surface area (Å²) in [6, 6.07) is 1.77. The molecule has 0 radical (unpaired) electrons. The van der Waals surface area contributed by atoms with Crippen LogP contribution in [-0.4, -0.2) is 33.9 Å². The smallest absolute Gasteiger partial charge is 0.270 e. The van der Waals surface area contributed by atoms with Crippen molar-refractivity contribution in [2.24, 2.45) is 0 Å². The molecular weight excluding hydrogens is 286 g/mol. The highest BCUT2D eigenvalue weighted by molar-refractivity contribution is 7.09. The summed E-state index contributed by atoms with van der Waals surface area (Å²) in [6.07, 6.45) is 6.81. The number of nitrogens with one attached hydrogen (secondary N) is 1. The number of rotatable bonds is 4. The summed E-state index contributed by atoms with van der Waals surface area (Å²) in [5, 5.41) is 5.60. The number of piperidine rings is 1. The van der Waals surface area contributed by atoms with Gasteiger partial charge in [0.15, 0.2) is 0 Å². The normalized spacial score (nSPS) is 15.0. The number of carbonyl (C=O) groups is 1. The second kappa shape index (κ2) is 6.62. The first-order valence-corrected chi connectivity index (χ1v) is 7.94. The van der Waals surface area contributed by atoms with E-state index in [1.54, 1.807) is 12.3 Å². The summed E-state index contributed by atoms with van der Waals surface area (Å²) >= 11 is 1.52. The first-order valence-electron chi connectivity index (χ1n) is 7.06. The average Bonchev–Trinajstić information content (AvgIpc) is 3.07. The lowest BCUT2D eigenvalue weighted by Crippen LogP contribution is -2.31. The Bertz CT molecular complexity index is 595. The Hall–Kier alpha value is -2.02. The van der Waals surface area contributed by atoms with Crippen molar-refractivity contribution in [2.75, 3.05) is 18.0 Å². The van der Waals surface area contributed by atoms with Gasteiger partial charge in [-0.1, -0.05) is 0 Å². The fraction of sp³-hybridized carbons (Fsp3) is 0.429. The van der Waals surface area contributed by atoms with E-state index < -0.39 is 0 Å². The standard InChI is InChI=1S/C14H17N5OS/c20-14(16-9-13-15-4-7-21-13)11-8-12(18-10-17-11)19-5-2-1-3-6-19/h4,7-8,10H,1-3,5-6,9H2,(H,16,20). The number of carbonyl (C=O) groups excluding carboxylic acids is 1. The van der Waals surface area contributed by atoms with E-state index >= 15 is 0 Å². The fourth-order valence-electron chi connectivity index (χ4n) is 2.35. The van der Waals surface area contributed by atoms with Gasteiger partial charge in [-0.3, -0.25) is 4.79 Å². The number of anilines is 1. The van der Waals surface area contributed by atoms with E-state index in [4.69, 9.17) is 0 Å². The molecule has 1 amide bonds. The van der Waals surface area contributed by atoms with Crippen molar-refractivity contribution in [2.45, 2.75) is 25.8 Å². The van der Waals surface area contributed by atoms with Crippen LogP contribution in [0.1, 0.15) is 34.8 Å². The molecule has 110 valence electrons. The van der Waals surface area contributed by atoms with Gasteiger partial charge >= 0.3 is 0 Å². The van der Waals surface area contributed by atoms with E-state index in [1.165, 1.54) is 36.9 Å². The maximum atomic E-state index is 12.1. The molecule has 0 aliphatic carbocycles. The summed E-state index contributed by atoms with van der Waals surface area (Å²) in [5.74, 6) is 0.648. The maximum absolute atomic E-state index is 12.1. The molecule has 6 nitrogen and oxygen atoms in total. The predicted molar refractivity (Wildman–Crippen MR) is 81.4 cm³/mol. The number of aromatic nitrogens is 3. The molecule has 1 aliphatic rings. The summed E-state index contributed by atoms with van der Waals surface area (Å²) in [4.78, 5) is 26.8. The molecule has 2 aromatic rings. The van der Waals surface area contributed by atoms with Gasteiger partial charge in [0.05, 0.1) is 6.54 Å². The largest absolute Gasteiger partial charge is 0.357 e. The Morgan fingerprint density at radius 1 is 1.24 bits per heavy atom. The molecule has 1 saturated heterocycles. The molecule has 1 aliphatic heterocycles. The average molecular weight is 303 g/mol. The van der Waals surface area contributed by atoms with Crippen LogP contribution in [0.2, 0.25) is 0 Å². The van der Waals surface area contributed by atoms with Gasteiger partial charge in [0.2, 0.25) is 0 Å². The molecule has 0 aromatic carbocycles. The molecule has 0 bridgehead atoms. The first kappa shape index (κ1) is 13.9. The van der Waals surface area contributed by atoms with Gasteiger partial charge in [-0.25, -0.2) is 15.0 Å². The Kier molecular flexibility index (Phi) is 4.40. The second-order valence-corrected chi connectivity index (χ2v) is 5.90. The topological polar surface area (TPSA) is 71.0 Å². The van der Waals surface area contributed by atoms with Crippen molar-refractivity contribution in [1.82, 2.24) is 20.3 Å². The van der Waals surface area contributed by atoms with Crippen LogP contribution >= 0.6 is 11.3 Å². The molecule has 21 heavy (non-hydrogen) atoms. The summed E-state index contributed by atoms with van der Waals surface area (Å²) in [5.41, 5.74) is 0.405. The van der Waals surface area contributed by atoms with E-state index in [9.17, 15) is 4.79 Å². The van der Waals surface area contributed by atoms with Crippen LogP contribution < -0.4 is 10.2 Å². The summed E-state index contributed by atoms with van der Waals surface area (Å²) < 4.78 is 0. The molecular formula is C14H17N5OS. The molecule has 1 fully saturated rings. The van der Waals surface area contributed by atoms with Gasteiger partial charge in [-0.2, -0.15) is 0 Å². The Morgan fingerprint density at radius 3 is 2.86 bits per heavy atom. The fourth-order valence-corrected chi connectivity index (χ4v) is 2.91. The van der Waals surface area contributed by atoms with E-state index in [-0.39, 0.29) is 5.91 Å². The molecule has 0 saturated carbocycles. The van der Waals surface area contributed by atoms with Gasteiger partial charge in [0, 0.05) is 30.7 Å². The summed E-state index contributed by atoms with van der Waals surface area (Å²) in [6.45, 7) is 2.42. The molecule has 0 unspecified atom stereocenters. The van der Waals surface area contributed by atoms with E-state index in [2.05, 4.69) is 25.2 Å². The minimum absolute atomic E-state index is 0.189. The van der Waals surface area contributed by atoms with Gasteiger partial charge in [0.1, 0.15) is 22.8 Å². The number of thiazole rings is 1. The molecule has 3 heterocycles. The minimum atomic E-state index is -0.189. The van der Waals surface area contributed by atoms with Crippen LogP contribution in [0, 0.1) is 0 Å². The number of hydrogen-bond donors (Lipinski definition) is 1. The van der Waals surface area contributed by atoms with E-state index in [0.717, 1.165) is 23.9 Å². The van der Waals surface area contributed by atoms with E-state index in [1.807, 2.05) is 5.38 Å². The first-order chi connectivity index (χ1) is 10.3. The van der Waals surface area contributed by atoms with Crippen LogP contribution in [0.5, 0.6) is 0 Å². The lowest BCUT2D eigenvalue weighted by molar-refractivity contribution is 0.0945. The summed E-state index contributed by atoms with van der Waals surface area (Å²) in [7, 11) is 0. The highest BCUT2D eigenvalue weighted by atomic mass is 32.1. The quantitative estimate of drug-likeness (QED) is 0.933. The van der Waals surface area contributed by atoms with Crippen LogP contribution in [0.25, 0.3) is 0 Å². The molecule has 2 aromatic heterocycles. The maximum Gasteiger partial charge on any atom is 0.270 e. The molecule has 3 rings (SSSR count). The minimum Gasteiger partial charge on any atom is -0.357 e. The molecule has 7 heteroatoms. The number of hydrogen-bond acceptors (Lipinski definition) is 6. The highest BCUT2D eigenvalue weighted by Gasteiger charge is 2.15. The third-order valence-corrected chi connectivity index (χ3v) is 4.23. The van der Waals surface area contributed by atoms with Crippen molar-refractivity contribution in [3.05, 3.63) is 34.7 Å². The van der Waals surface area contributed by atoms with Crippen LogP contribution in [0.3, 0.4) is 0 Å². The zero-order valence-electron chi connectivity index (χ0n) is 11.7. The number of nitrogens with zero attached hydrogens (tertiary/aromatic N) is 4. The molecule has 1 N–H and O–H groups in total. The third kappa shape index (κ3) is 3.55. The van der Waals surface area contributed by atoms with Crippen molar-refractivity contribution in [3.63, 3.8) is 0 Å². The molecule has 0 spiro atoms. The van der Waals surface area contributed by atoms with E-state index in [0.29, 0.717) is 12.2 Å². The monoisotopic (exact) mass is 303 g/mol. The van der Waals surface area contributed by atoms with Crippen molar-refractivity contribution in [1.29, 1.82) is 0 Å². The van der Waals surface area contributed by atoms with Crippen molar-refractivity contribution in [3.8, 4) is 0 Å². The lowest BCUT2D eigenvalue weighted by Gasteiger charge is -2.27. The SMILES string of the molecule is O=C(NCc1nccs1)c1cc(N2CCCCC2)ncn1. The van der Waals surface area contributed by atoms with Crippen LogP contribution in [0.15, 0.2) is 24.0 Å².